The standard InChI is InChI=1S/C18H30N4O2/c1-14(2)18(3,24)13-20-17(23)21-15-7-10-22(11-8-15)12-16-6-4-5-9-19-16/h4-6,9,14-15,24H,7-8,10-13H2,1-3H3,(H2,20,21,23). The molecular weight excluding hydrogens is 304 g/mol. The van der Waals surface area contributed by atoms with Gasteiger partial charge < -0.3 is 15.7 Å². The van der Waals surface area contributed by atoms with Crippen molar-refractivity contribution in [3.05, 3.63) is 30.1 Å². The van der Waals surface area contributed by atoms with Crippen LogP contribution in [-0.4, -0.2) is 52.3 Å². The zero-order chi connectivity index (χ0) is 17.6. The van der Waals surface area contributed by atoms with Crippen molar-refractivity contribution in [2.75, 3.05) is 19.6 Å². The number of carbonyl (C=O) groups is 1. The number of hydrogen-bond acceptors (Lipinski definition) is 4. The second kappa shape index (κ2) is 8.44. The van der Waals surface area contributed by atoms with Gasteiger partial charge in [-0.3, -0.25) is 9.88 Å². The molecule has 6 heteroatoms. The minimum Gasteiger partial charge on any atom is -0.388 e. The van der Waals surface area contributed by atoms with Gasteiger partial charge in [-0.25, -0.2) is 4.79 Å². The number of amides is 2. The molecule has 1 aromatic heterocycles. The van der Waals surface area contributed by atoms with E-state index in [4.69, 9.17) is 0 Å². The molecule has 0 saturated carbocycles. The molecule has 3 N–H and O–H groups in total. The third-order valence-electron chi connectivity index (χ3n) is 4.89. The summed E-state index contributed by atoms with van der Waals surface area (Å²) in [5, 5.41) is 16.0. The van der Waals surface area contributed by atoms with Crippen LogP contribution in [0.25, 0.3) is 0 Å². The number of nitrogens with zero attached hydrogens (tertiary/aromatic N) is 2. The summed E-state index contributed by atoms with van der Waals surface area (Å²) in [4.78, 5) is 18.7. The molecule has 1 saturated heterocycles. The van der Waals surface area contributed by atoms with Crippen molar-refractivity contribution in [3.63, 3.8) is 0 Å². The number of pyridine rings is 1. The Morgan fingerprint density at radius 3 is 2.71 bits per heavy atom. The number of carbonyl (C=O) groups excluding carboxylic acids is 1. The van der Waals surface area contributed by atoms with Crippen LogP contribution in [0.4, 0.5) is 4.79 Å². The smallest absolute Gasteiger partial charge is 0.315 e. The van der Waals surface area contributed by atoms with E-state index in [9.17, 15) is 9.90 Å². The molecule has 1 aromatic rings. The van der Waals surface area contributed by atoms with E-state index in [0.29, 0.717) is 0 Å². The molecular formula is C18H30N4O2. The van der Waals surface area contributed by atoms with Crippen LogP contribution in [0, 0.1) is 5.92 Å². The first kappa shape index (κ1) is 18.7. The Kier molecular flexibility index (Phi) is 6.57. The van der Waals surface area contributed by atoms with E-state index in [1.807, 2.05) is 38.2 Å². The molecule has 0 aliphatic carbocycles. The molecule has 134 valence electrons. The van der Waals surface area contributed by atoms with Gasteiger partial charge in [0.1, 0.15) is 0 Å². The number of aromatic nitrogens is 1. The van der Waals surface area contributed by atoms with Crippen molar-refractivity contribution < 1.29 is 9.90 Å². The fourth-order valence-corrected chi connectivity index (χ4v) is 2.66. The number of likely N-dealkylation sites (tertiary alicyclic amines) is 1. The van der Waals surface area contributed by atoms with Crippen LogP contribution in [0.1, 0.15) is 39.3 Å². The van der Waals surface area contributed by atoms with Crippen LogP contribution >= 0.6 is 0 Å². The Bertz CT molecular complexity index is 511. The van der Waals surface area contributed by atoms with Crippen molar-refractivity contribution >= 4 is 6.03 Å². The van der Waals surface area contributed by atoms with Gasteiger partial charge in [0.25, 0.3) is 0 Å². The first-order valence-corrected chi connectivity index (χ1v) is 8.76. The summed E-state index contributed by atoms with van der Waals surface area (Å²) in [6, 6.07) is 5.97. The first-order valence-electron chi connectivity index (χ1n) is 8.76. The topological polar surface area (TPSA) is 77.5 Å². The molecule has 2 amide bonds. The van der Waals surface area contributed by atoms with Crippen LogP contribution in [0.15, 0.2) is 24.4 Å². The molecule has 1 aliphatic rings. The lowest BCUT2D eigenvalue weighted by Gasteiger charge is -2.32. The highest BCUT2D eigenvalue weighted by molar-refractivity contribution is 5.74. The highest BCUT2D eigenvalue weighted by Crippen LogP contribution is 2.15. The highest BCUT2D eigenvalue weighted by Gasteiger charge is 2.26. The summed E-state index contributed by atoms with van der Waals surface area (Å²) in [6.07, 6.45) is 3.68. The zero-order valence-electron chi connectivity index (χ0n) is 15.0. The average molecular weight is 334 g/mol. The maximum Gasteiger partial charge on any atom is 0.315 e. The van der Waals surface area contributed by atoms with Crippen molar-refractivity contribution in [2.24, 2.45) is 5.92 Å². The molecule has 2 heterocycles. The number of piperidine rings is 1. The molecule has 0 spiro atoms. The van der Waals surface area contributed by atoms with Crippen LogP contribution in [0.5, 0.6) is 0 Å². The fourth-order valence-electron chi connectivity index (χ4n) is 2.66. The number of nitrogens with one attached hydrogen (secondary N) is 2. The van der Waals surface area contributed by atoms with E-state index < -0.39 is 5.60 Å². The molecule has 1 atom stereocenters. The number of aliphatic hydroxyl groups is 1. The summed E-state index contributed by atoms with van der Waals surface area (Å²) in [5.74, 6) is 0.0904. The minimum absolute atomic E-state index is 0.0904. The Hall–Kier alpha value is -1.66. The van der Waals surface area contributed by atoms with Gasteiger partial charge >= 0.3 is 6.03 Å². The van der Waals surface area contributed by atoms with E-state index in [1.165, 1.54) is 0 Å². The number of hydrogen-bond donors (Lipinski definition) is 3. The van der Waals surface area contributed by atoms with Crippen LogP contribution < -0.4 is 10.6 Å². The third-order valence-corrected chi connectivity index (χ3v) is 4.89. The van der Waals surface area contributed by atoms with E-state index in [2.05, 4.69) is 20.5 Å². The second-order valence-electron chi connectivity index (χ2n) is 7.21. The maximum absolute atomic E-state index is 12.0. The van der Waals surface area contributed by atoms with Gasteiger partial charge in [-0.2, -0.15) is 0 Å². The second-order valence-corrected chi connectivity index (χ2v) is 7.21. The molecule has 0 aromatic carbocycles. The summed E-state index contributed by atoms with van der Waals surface area (Å²) in [7, 11) is 0. The van der Waals surface area contributed by atoms with Gasteiger partial charge in [-0.1, -0.05) is 19.9 Å². The van der Waals surface area contributed by atoms with Crippen molar-refractivity contribution in [2.45, 2.75) is 51.8 Å². The van der Waals surface area contributed by atoms with Crippen molar-refractivity contribution in [1.29, 1.82) is 0 Å². The average Bonchev–Trinajstić information content (AvgIpc) is 2.56. The summed E-state index contributed by atoms with van der Waals surface area (Å²) < 4.78 is 0. The normalized spacial score (nSPS) is 19.0. The molecule has 0 radical (unpaired) electrons. The molecule has 6 nitrogen and oxygen atoms in total. The SMILES string of the molecule is CC(C)C(C)(O)CNC(=O)NC1CCN(Cc2ccccn2)CC1. The summed E-state index contributed by atoms with van der Waals surface area (Å²) in [6.45, 7) is 8.64. The van der Waals surface area contributed by atoms with E-state index in [1.54, 1.807) is 6.92 Å². The lowest BCUT2D eigenvalue weighted by molar-refractivity contribution is 0.0164. The van der Waals surface area contributed by atoms with Gasteiger partial charge in [-0.05, 0) is 37.8 Å². The van der Waals surface area contributed by atoms with Gasteiger partial charge in [-0.15, -0.1) is 0 Å². The molecule has 1 aliphatic heterocycles. The molecule has 24 heavy (non-hydrogen) atoms. The van der Waals surface area contributed by atoms with Gasteiger partial charge in [0.05, 0.1) is 11.3 Å². The number of urea groups is 1. The largest absolute Gasteiger partial charge is 0.388 e. The Balaban J connectivity index is 1.68. The number of rotatable bonds is 6. The van der Waals surface area contributed by atoms with Gasteiger partial charge in [0.2, 0.25) is 0 Å². The zero-order valence-corrected chi connectivity index (χ0v) is 15.0. The first-order chi connectivity index (χ1) is 11.4. The predicted molar refractivity (Wildman–Crippen MR) is 94.5 cm³/mol. The quantitative estimate of drug-likeness (QED) is 0.741. The summed E-state index contributed by atoms with van der Waals surface area (Å²) >= 11 is 0. The Morgan fingerprint density at radius 2 is 2.12 bits per heavy atom. The van der Waals surface area contributed by atoms with Gasteiger partial charge in [0.15, 0.2) is 0 Å². The van der Waals surface area contributed by atoms with Crippen LogP contribution in [0.3, 0.4) is 0 Å². The fraction of sp³-hybridized carbons (Fsp3) is 0.667. The van der Waals surface area contributed by atoms with Crippen LogP contribution in [-0.2, 0) is 6.54 Å². The Labute approximate surface area is 144 Å². The third kappa shape index (κ3) is 5.76. The maximum atomic E-state index is 12.0. The lowest BCUT2D eigenvalue weighted by Crippen LogP contribution is -2.51. The van der Waals surface area contributed by atoms with Crippen molar-refractivity contribution in [1.82, 2.24) is 20.5 Å². The minimum atomic E-state index is -0.886. The molecule has 2 rings (SSSR count). The predicted octanol–water partition coefficient (Wildman–Crippen LogP) is 1.75. The lowest BCUT2D eigenvalue weighted by atomic mass is 9.93. The van der Waals surface area contributed by atoms with E-state index >= 15 is 0 Å². The van der Waals surface area contributed by atoms with Crippen LogP contribution in [0.2, 0.25) is 0 Å². The van der Waals surface area contributed by atoms with Gasteiger partial charge in [0, 0.05) is 38.4 Å². The highest BCUT2D eigenvalue weighted by atomic mass is 16.3. The van der Waals surface area contributed by atoms with Crippen molar-refractivity contribution in [3.8, 4) is 0 Å². The molecule has 1 unspecified atom stereocenters. The summed E-state index contributed by atoms with van der Waals surface area (Å²) in [5.41, 5.74) is 0.196. The Morgan fingerprint density at radius 1 is 1.42 bits per heavy atom. The molecule has 0 bridgehead atoms. The monoisotopic (exact) mass is 334 g/mol. The van der Waals surface area contributed by atoms with E-state index in [0.717, 1.165) is 38.2 Å². The van der Waals surface area contributed by atoms with E-state index in [-0.39, 0.29) is 24.5 Å². The molecule has 1 fully saturated rings.